The lowest BCUT2D eigenvalue weighted by atomic mass is 10.0. The average Bonchev–Trinajstić information content (AvgIpc) is 2.84. The van der Waals surface area contributed by atoms with Crippen LogP contribution in [-0.2, 0) is 11.3 Å². The van der Waals surface area contributed by atoms with Gasteiger partial charge < -0.3 is 9.80 Å². The van der Waals surface area contributed by atoms with Crippen LogP contribution in [0.1, 0.15) is 13.8 Å². The highest BCUT2D eigenvalue weighted by Gasteiger charge is 2.31. The molecule has 0 spiro atoms. The molecule has 194 valence electrons. The van der Waals surface area contributed by atoms with Crippen molar-refractivity contribution in [2.24, 2.45) is 0 Å². The van der Waals surface area contributed by atoms with Crippen LogP contribution < -0.4 is 10.6 Å². The summed E-state index contributed by atoms with van der Waals surface area (Å²) in [5, 5.41) is 0.951. The standard InChI is InChI=1S/C26H24ClF3N4O2S/c1-14(28)3-4-21(35)32-5-6-33(15(2)13-32)25-19-12-20(27)22(16-9-17(29)11-18(30)10-16)24-23(19)34(7-8-37-24)26(36)31-25/h3-4,9-12,14-15H,5-8,13H2,1-2H3/b4-3+/t14?,15-/m0/s1. The average molecular weight is 549 g/mol. The molecule has 1 amide bonds. The monoisotopic (exact) mass is 548 g/mol. The van der Waals surface area contributed by atoms with Crippen molar-refractivity contribution in [2.75, 3.05) is 30.3 Å². The molecule has 1 fully saturated rings. The Kier molecular flexibility index (Phi) is 6.97. The van der Waals surface area contributed by atoms with Crippen LogP contribution >= 0.6 is 23.4 Å². The minimum absolute atomic E-state index is 0.185. The van der Waals surface area contributed by atoms with E-state index in [4.69, 9.17) is 11.6 Å². The Morgan fingerprint density at radius 3 is 2.59 bits per heavy atom. The van der Waals surface area contributed by atoms with Crippen molar-refractivity contribution in [3.05, 3.63) is 63.6 Å². The van der Waals surface area contributed by atoms with Gasteiger partial charge in [0.05, 0.1) is 10.5 Å². The Morgan fingerprint density at radius 1 is 1.19 bits per heavy atom. The van der Waals surface area contributed by atoms with Gasteiger partial charge in [0.25, 0.3) is 0 Å². The second kappa shape index (κ2) is 10.1. The van der Waals surface area contributed by atoms with Crippen molar-refractivity contribution >= 4 is 46.0 Å². The van der Waals surface area contributed by atoms with Crippen LogP contribution in [0.25, 0.3) is 22.0 Å². The van der Waals surface area contributed by atoms with Crippen LogP contribution in [0, 0.1) is 11.6 Å². The van der Waals surface area contributed by atoms with Gasteiger partial charge in [0.1, 0.15) is 23.6 Å². The second-order valence-electron chi connectivity index (χ2n) is 9.20. The van der Waals surface area contributed by atoms with Gasteiger partial charge in [-0.3, -0.25) is 9.36 Å². The topological polar surface area (TPSA) is 58.4 Å². The van der Waals surface area contributed by atoms with Gasteiger partial charge in [-0.1, -0.05) is 11.6 Å². The third kappa shape index (κ3) is 4.84. The molecule has 1 aromatic heterocycles. The zero-order valence-electron chi connectivity index (χ0n) is 20.2. The van der Waals surface area contributed by atoms with Gasteiger partial charge in [0.2, 0.25) is 5.91 Å². The van der Waals surface area contributed by atoms with Crippen molar-refractivity contribution < 1.29 is 18.0 Å². The van der Waals surface area contributed by atoms with Crippen LogP contribution in [0.4, 0.5) is 19.0 Å². The SMILES string of the molecule is CC(F)/C=C/C(=O)N1CCN(c2nc(=O)n3c4c(c(-c5cc(F)cc(F)c5)c(Cl)cc24)SCC3)[C@@H](C)C1. The minimum Gasteiger partial charge on any atom is -0.350 e. The predicted molar refractivity (Wildman–Crippen MR) is 140 cm³/mol. The number of aryl methyl sites for hydroxylation is 1. The van der Waals surface area contributed by atoms with Crippen molar-refractivity contribution in [1.29, 1.82) is 0 Å². The molecule has 0 N–H and O–H groups in total. The van der Waals surface area contributed by atoms with Crippen LogP contribution in [0.2, 0.25) is 5.02 Å². The molecule has 3 aromatic rings. The number of nitrogens with zero attached hydrogens (tertiary/aromatic N) is 4. The summed E-state index contributed by atoms with van der Waals surface area (Å²) >= 11 is 8.21. The Morgan fingerprint density at radius 2 is 1.92 bits per heavy atom. The van der Waals surface area contributed by atoms with Crippen molar-refractivity contribution in [3.8, 4) is 11.1 Å². The molecular weight excluding hydrogens is 525 g/mol. The van der Waals surface area contributed by atoms with Gasteiger partial charge in [0.15, 0.2) is 0 Å². The second-order valence-corrected chi connectivity index (χ2v) is 10.7. The third-order valence-electron chi connectivity index (χ3n) is 6.58. The number of hydrogen-bond acceptors (Lipinski definition) is 5. The number of halogens is 4. The van der Waals surface area contributed by atoms with E-state index in [1.54, 1.807) is 15.5 Å². The summed E-state index contributed by atoms with van der Waals surface area (Å²) in [6.45, 7) is 4.87. The number of benzene rings is 2. The first-order valence-corrected chi connectivity index (χ1v) is 13.2. The molecule has 2 aromatic carbocycles. The lowest BCUT2D eigenvalue weighted by molar-refractivity contribution is -0.126. The zero-order valence-corrected chi connectivity index (χ0v) is 21.8. The Balaban J connectivity index is 1.60. The van der Waals surface area contributed by atoms with Crippen molar-refractivity contribution in [1.82, 2.24) is 14.5 Å². The van der Waals surface area contributed by atoms with E-state index in [0.717, 1.165) is 6.07 Å². The molecule has 5 rings (SSSR count). The van der Waals surface area contributed by atoms with Gasteiger partial charge in [-0.05, 0) is 43.7 Å². The number of amides is 1. The highest BCUT2D eigenvalue weighted by atomic mass is 35.5. The molecule has 1 unspecified atom stereocenters. The molecule has 2 atom stereocenters. The predicted octanol–water partition coefficient (Wildman–Crippen LogP) is 5.05. The van der Waals surface area contributed by atoms with Crippen LogP contribution in [0.5, 0.6) is 0 Å². The van der Waals surface area contributed by atoms with Gasteiger partial charge in [-0.15, -0.1) is 11.8 Å². The zero-order chi connectivity index (χ0) is 26.4. The minimum atomic E-state index is -1.21. The molecule has 0 aliphatic carbocycles. The molecule has 37 heavy (non-hydrogen) atoms. The van der Waals surface area contributed by atoms with E-state index in [0.29, 0.717) is 69.7 Å². The van der Waals surface area contributed by atoms with Crippen molar-refractivity contribution in [2.45, 2.75) is 37.5 Å². The molecule has 0 radical (unpaired) electrons. The van der Waals surface area contributed by atoms with E-state index in [2.05, 4.69) is 4.98 Å². The lowest BCUT2D eigenvalue weighted by Crippen LogP contribution is -2.54. The fraction of sp³-hybridized carbons (Fsp3) is 0.346. The third-order valence-corrected chi connectivity index (χ3v) is 7.95. The van der Waals surface area contributed by atoms with E-state index in [9.17, 15) is 22.8 Å². The summed E-state index contributed by atoms with van der Waals surface area (Å²) in [7, 11) is 0. The molecule has 2 aliphatic heterocycles. The number of thioether (sulfide) groups is 1. The maximum absolute atomic E-state index is 14.1. The maximum Gasteiger partial charge on any atom is 0.350 e. The Bertz CT molecular complexity index is 1470. The van der Waals surface area contributed by atoms with Gasteiger partial charge in [-0.2, -0.15) is 4.98 Å². The van der Waals surface area contributed by atoms with Crippen LogP contribution in [0.3, 0.4) is 0 Å². The van der Waals surface area contributed by atoms with E-state index in [1.165, 1.54) is 43.0 Å². The number of rotatable bonds is 4. The molecule has 1 saturated heterocycles. The van der Waals surface area contributed by atoms with Gasteiger partial charge in [0, 0.05) is 66.0 Å². The smallest absolute Gasteiger partial charge is 0.350 e. The summed E-state index contributed by atoms with van der Waals surface area (Å²) in [6.07, 6.45) is 1.25. The lowest BCUT2D eigenvalue weighted by Gasteiger charge is -2.41. The Labute approximate surface area is 220 Å². The van der Waals surface area contributed by atoms with E-state index in [1.807, 2.05) is 11.8 Å². The first kappa shape index (κ1) is 25.7. The fourth-order valence-corrected chi connectivity index (χ4v) is 6.50. The van der Waals surface area contributed by atoms with Crippen LogP contribution in [-0.4, -0.2) is 58.0 Å². The number of carbonyl (C=O) groups excluding carboxylic acids is 1. The number of carbonyl (C=O) groups is 1. The highest BCUT2D eigenvalue weighted by molar-refractivity contribution is 7.99. The quantitative estimate of drug-likeness (QED) is 0.427. The molecule has 3 heterocycles. The van der Waals surface area contributed by atoms with E-state index >= 15 is 0 Å². The molecule has 0 bridgehead atoms. The van der Waals surface area contributed by atoms with Gasteiger partial charge >= 0.3 is 5.69 Å². The number of hydrogen-bond donors (Lipinski definition) is 0. The molecule has 2 aliphatic rings. The summed E-state index contributed by atoms with van der Waals surface area (Å²) in [4.78, 5) is 34.3. The number of allylic oxidation sites excluding steroid dienone is 1. The van der Waals surface area contributed by atoms with E-state index < -0.39 is 23.5 Å². The maximum atomic E-state index is 14.1. The van der Waals surface area contributed by atoms with E-state index in [-0.39, 0.29) is 11.9 Å². The highest BCUT2D eigenvalue weighted by Crippen LogP contribution is 2.46. The largest absolute Gasteiger partial charge is 0.350 e. The first-order chi connectivity index (χ1) is 17.6. The fourth-order valence-electron chi connectivity index (χ4n) is 4.93. The summed E-state index contributed by atoms with van der Waals surface area (Å²) in [5.74, 6) is -0.678. The van der Waals surface area contributed by atoms with Crippen LogP contribution in [0.15, 0.2) is 46.1 Å². The summed E-state index contributed by atoms with van der Waals surface area (Å²) in [5.41, 5.74) is 0.969. The first-order valence-electron chi connectivity index (χ1n) is 11.9. The summed E-state index contributed by atoms with van der Waals surface area (Å²) < 4.78 is 42.8. The Hall–Kier alpha value is -2.98. The number of aromatic nitrogens is 2. The van der Waals surface area contributed by atoms with Crippen molar-refractivity contribution in [3.63, 3.8) is 0 Å². The number of piperazine rings is 1. The molecule has 6 nitrogen and oxygen atoms in total. The normalized spacial score (nSPS) is 18.6. The molecule has 11 heteroatoms. The number of anilines is 1. The van der Waals surface area contributed by atoms with Gasteiger partial charge in [-0.25, -0.2) is 18.0 Å². The molecule has 0 saturated carbocycles. The number of alkyl halides is 1. The molecular formula is C26H24ClF3N4O2S. The summed E-state index contributed by atoms with van der Waals surface area (Å²) in [6, 6.07) is 4.76.